The van der Waals surface area contributed by atoms with E-state index in [0.29, 0.717) is 4.47 Å². The first-order chi connectivity index (χ1) is 8.47. The lowest BCUT2D eigenvalue weighted by Gasteiger charge is -2.03. The van der Waals surface area contributed by atoms with E-state index in [4.69, 9.17) is 0 Å². The molecule has 0 aliphatic rings. The normalized spacial score (nSPS) is 11.4. The Bertz CT molecular complexity index is 637. The molecule has 1 aromatic carbocycles. The Hall–Kier alpha value is -1.27. The molecule has 0 bridgehead atoms. The first-order valence-corrected chi connectivity index (χ1v) is 7.68. The Morgan fingerprint density at radius 2 is 1.67 bits per heavy atom. The van der Waals surface area contributed by atoms with Crippen molar-refractivity contribution >= 4 is 25.8 Å². The van der Waals surface area contributed by atoms with E-state index in [2.05, 4.69) is 25.9 Å². The predicted octanol–water partition coefficient (Wildman–Crippen LogP) is 2.52. The van der Waals surface area contributed by atoms with Crippen molar-refractivity contribution < 1.29 is 8.42 Å². The first kappa shape index (κ1) is 13.2. The van der Waals surface area contributed by atoms with Crippen LogP contribution in [0.15, 0.2) is 46.3 Å². The van der Waals surface area contributed by atoms with Crippen LogP contribution in [0.5, 0.6) is 0 Å². The van der Waals surface area contributed by atoms with E-state index in [1.54, 1.807) is 12.1 Å². The Morgan fingerprint density at radius 3 is 2.22 bits per heavy atom. The molecule has 1 heterocycles. The summed E-state index contributed by atoms with van der Waals surface area (Å²) in [4.78, 5) is 7.64. The fourth-order valence-corrected chi connectivity index (χ4v) is 2.82. The van der Waals surface area contributed by atoms with Crippen molar-refractivity contribution in [2.75, 3.05) is 0 Å². The molecule has 94 valence electrons. The van der Waals surface area contributed by atoms with Crippen molar-refractivity contribution in [3.63, 3.8) is 0 Å². The highest BCUT2D eigenvalue weighted by Gasteiger charge is 2.18. The van der Waals surface area contributed by atoms with Gasteiger partial charge in [0.1, 0.15) is 0 Å². The Balaban J connectivity index is 2.27. The van der Waals surface area contributed by atoms with Crippen molar-refractivity contribution in [2.24, 2.45) is 0 Å². The largest absolute Gasteiger partial charge is 0.247 e. The summed E-state index contributed by atoms with van der Waals surface area (Å²) in [5.41, 5.74) is 1.82. The number of benzene rings is 1. The van der Waals surface area contributed by atoms with Gasteiger partial charge in [-0.1, -0.05) is 29.8 Å². The van der Waals surface area contributed by atoms with Crippen LogP contribution in [0.2, 0.25) is 0 Å². The Labute approximate surface area is 114 Å². The molecule has 18 heavy (non-hydrogen) atoms. The summed E-state index contributed by atoms with van der Waals surface area (Å²) in [6, 6.07) is 7.36. The molecule has 0 atom stereocenters. The van der Waals surface area contributed by atoms with Crippen molar-refractivity contribution in [1.29, 1.82) is 0 Å². The van der Waals surface area contributed by atoms with Crippen LogP contribution in [0.3, 0.4) is 0 Å². The van der Waals surface area contributed by atoms with Crippen LogP contribution >= 0.6 is 15.9 Å². The van der Waals surface area contributed by atoms with Crippen LogP contribution in [0.1, 0.15) is 11.1 Å². The summed E-state index contributed by atoms with van der Waals surface area (Å²) in [7, 11) is -3.49. The van der Waals surface area contributed by atoms with Gasteiger partial charge in [0, 0.05) is 12.4 Å². The minimum absolute atomic E-state index is 0.0884. The smallest absolute Gasteiger partial charge is 0.226 e. The number of nitrogens with zero attached hydrogens (tertiary/aromatic N) is 2. The summed E-state index contributed by atoms with van der Waals surface area (Å²) in [5, 5.41) is -0.147. The molecule has 6 heteroatoms. The van der Waals surface area contributed by atoms with Gasteiger partial charge in [-0.05, 0) is 28.4 Å². The van der Waals surface area contributed by atoms with Crippen molar-refractivity contribution in [3.8, 4) is 0 Å². The van der Waals surface area contributed by atoms with Crippen LogP contribution in [-0.2, 0) is 15.6 Å². The quantitative estimate of drug-likeness (QED) is 0.813. The summed E-state index contributed by atoms with van der Waals surface area (Å²) in [6.45, 7) is 1.95. The highest BCUT2D eigenvalue weighted by atomic mass is 79.9. The number of rotatable bonds is 3. The second-order valence-electron chi connectivity index (χ2n) is 3.93. The van der Waals surface area contributed by atoms with E-state index in [0.717, 1.165) is 11.1 Å². The van der Waals surface area contributed by atoms with Crippen LogP contribution < -0.4 is 0 Å². The first-order valence-electron chi connectivity index (χ1n) is 5.23. The Morgan fingerprint density at radius 1 is 1.11 bits per heavy atom. The highest BCUT2D eigenvalue weighted by molar-refractivity contribution is 9.10. The zero-order chi connectivity index (χ0) is 13.2. The average molecular weight is 327 g/mol. The fraction of sp³-hybridized carbons (Fsp3) is 0.167. The topological polar surface area (TPSA) is 59.9 Å². The maximum atomic E-state index is 12.1. The lowest BCUT2D eigenvalue weighted by Crippen LogP contribution is -2.09. The molecule has 0 spiro atoms. The molecule has 0 unspecified atom stereocenters. The lowest BCUT2D eigenvalue weighted by atomic mass is 10.2. The van der Waals surface area contributed by atoms with Gasteiger partial charge >= 0.3 is 0 Å². The number of hydrogen-bond donors (Lipinski definition) is 0. The zero-order valence-corrected chi connectivity index (χ0v) is 12.1. The lowest BCUT2D eigenvalue weighted by molar-refractivity contribution is 0.586. The number of aryl methyl sites for hydroxylation is 1. The molecule has 2 aromatic rings. The van der Waals surface area contributed by atoms with Crippen molar-refractivity contribution in [2.45, 2.75) is 17.8 Å². The van der Waals surface area contributed by atoms with Gasteiger partial charge in [0.25, 0.3) is 0 Å². The van der Waals surface area contributed by atoms with E-state index in [1.807, 2.05) is 19.1 Å². The van der Waals surface area contributed by atoms with Crippen LogP contribution in [-0.4, -0.2) is 18.4 Å². The summed E-state index contributed by atoms with van der Waals surface area (Å²) >= 11 is 3.17. The monoisotopic (exact) mass is 326 g/mol. The molecular formula is C12H11BrN2O2S. The minimum atomic E-state index is -3.49. The van der Waals surface area contributed by atoms with Crippen LogP contribution in [0, 0.1) is 6.92 Å². The molecule has 0 radical (unpaired) electrons. The molecule has 2 rings (SSSR count). The third-order valence-corrected chi connectivity index (χ3v) is 4.24. The minimum Gasteiger partial charge on any atom is -0.226 e. The van der Waals surface area contributed by atoms with E-state index < -0.39 is 9.84 Å². The molecule has 1 aromatic heterocycles. The van der Waals surface area contributed by atoms with Crippen LogP contribution in [0.4, 0.5) is 0 Å². The van der Waals surface area contributed by atoms with Crippen molar-refractivity contribution in [1.82, 2.24) is 9.97 Å². The summed E-state index contributed by atoms with van der Waals surface area (Å²) < 4.78 is 24.8. The molecular weight excluding hydrogens is 316 g/mol. The van der Waals surface area contributed by atoms with E-state index in [-0.39, 0.29) is 10.9 Å². The second-order valence-corrected chi connectivity index (χ2v) is 6.73. The second kappa shape index (κ2) is 5.16. The van der Waals surface area contributed by atoms with Crippen LogP contribution in [0.25, 0.3) is 0 Å². The maximum absolute atomic E-state index is 12.1. The fourth-order valence-electron chi connectivity index (χ4n) is 1.43. The van der Waals surface area contributed by atoms with E-state index >= 15 is 0 Å². The Kier molecular flexibility index (Phi) is 3.77. The molecule has 0 saturated heterocycles. The number of hydrogen-bond acceptors (Lipinski definition) is 4. The van der Waals surface area contributed by atoms with E-state index in [1.165, 1.54) is 12.4 Å². The molecule has 0 aliphatic carbocycles. The molecule has 0 saturated carbocycles. The number of aromatic nitrogens is 2. The molecule has 0 fully saturated rings. The van der Waals surface area contributed by atoms with Gasteiger partial charge < -0.3 is 0 Å². The van der Waals surface area contributed by atoms with Gasteiger partial charge in [0.15, 0.2) is 0 Å². The summed E-state index contributed by atoms with van der Waals surface area (Å²) in [5.74, 6) is -0.0884. The standard InChI is InChI=1S/C12H11BrN2O2S/c1-9-2-4-10(5-3-9)8-18(16,17)12-14-6-11(13)7-15-12/h2-7H,8H2,1H3. The van der Waals surface area contributed by atoms with Crippen molar-refractivity contribution in [3.05, 3.63) is 52.3 Å². The average Bonchev–Trinajstić information content (AvgIpc) is 2.32. The number of sulfone groups is 1. The highest BCUT2D eigenvalue weighted by Crippen LogP contribution is 2.14. The third kappa shape index (κ3) is 3.14. The SMILES string of the molecule is Cc1ccc(CS(=O)(=O)c2ncc(Br)cn2)cc1. The van der Waals surface area contributed by atoms with E-state index in [9.17, 15) is 8.42 Å². The summed E-state index contributed by atoms with van der Waals surface area (Å²) in [6.07, 6.45) is 2.85. The maximum Gasteiger partial charge on any atom is 0.247 e. The number of halogens is 1. The molecule has 0 amide bonds. The van der Waals surface area contributed by atoms with Gasteiger partial charge in [-0.3, -0.25) is 0 Å². The zero-order valence-electron chi connectivity index (χ0n) is 9.67. The molecule has 0 aliphatic heterocycles. The predicted molar refractivity (Wildman–Crippen MR) is 71.8 cm³/mol. The van der Waals surface area contributed by atoms with Gasteiger partial charge in [-0.25, -0.2) is 18.4 Å². The van der Waals surface area contributed by atoms with Gasteiger partial charge in [0.2, 0.25) is 15.0 Å². The molecule has 4 nitrogen and oxygen atoms in total. The van der Waals surface area contributed by atoms with Gasteiger partial charge in [0.05, 0.1) is 10.2 Å². The van der Waals surface area contributed by atoms with Gasteiger partial charge in [-0.15, -0.1) is 0 Å². The van der Waals surface area contributed by atoms with Gasteiger partial charge in [-0.2, -0.15) is 0 Å². The third-order valence-electron chi connectivity index (χ3n) is 2.35. The molecule has 0 N–H and O–H groups in total.